The highest BCUT2D eigenvalue weighted by Crippen LogP contribution is 2.19. The Bertz CT molecular complexity index is 710. The molecule has 1 amide bonds. The number of aryl methyl sites for hydroxylation is 1. The molecular formula is C10H10N4O3S2. The van der Waals surface area contributed by atoms with Gasteiger partial charge in [0.05, 0.1) is 4.90 Å². The molecule has 0 atom stereocenters. The molecule has 0 fully saturated rings. The summed E-state index contributed by atoms with van der Waals surface area (Å²) in [5.41, 5.74) is 1.29. The van der Waals surface area contributed by atoms with Gasteiger partial charge in [0.25, 0.3) is 5.91 Å². The van der Waals surface area contributed by atoms with Crippen molar-refractivity contribution in [2.75, 3.05) is 5.32 Å². The first-order valence-electron chi connectivity index (χ1n) is 5.10. The van der Waals surface area contributed by atoms with Crippen LogP contribution in [0.1, 0.15) is 16.1 Å². The second-order valence-electron chi connectivity index (χ2n) is 3.77. The lowest BCUT2D eigenvalue weighted by molar-refractivity contribution is 0.102. The number of benzene rings is 1. The largest absolute Gasteiger partial charge is 0.320 e. The summed E-state index contributed by atoms with van der Waals surface area (Å²) in [6, 6.07) is 4.20. The molecule has 0 unspecified atom stereocenters. The van der Waals surface area contributed by atoms with Gasteiger partial charge in [-0.25, -0.2) is 13.6 Å². The summed E-state index contributed by atoms with van der Waals surface area (Å²) in [6.45, 7) is 1.67. The Hall–Kier alpha value is -1.84. The third kappa shape index (κ3) is 3.13. The zero-order valence-corrected chi connectivity index (χ0v) is 11.5. The topological polar surface area (TPSA) is 115 Å². The minimum Gasteiger partial charge on any atom is -0.320 e. The van der Waals surface area contributed by atoms with Gasteiger partial charge in [-0.3, -0.25) is 4.79 Å². The molecule has 0 saturated carbocycles. The number of aromatic nitrogens is 2. The lowest BCUT2D eigenvalue weighted by Crippen LogP contribution is -2.15. The predicted octanol–water partition coefficient (Wildman–Crippen LogP) is 0.746. The molecule has 7 nitrogen and oxygen atoms in total. The summed E-state index contributed by atoms with van der Waals surface area (Å²) < 4.78 is 25.9. The Labute approximate surface area is 113 Å². The van der Waals surface area contributed by atoms with E-state index in [1.54, 1.807) is 6.92 Å². The molecule has 0 spiro atoms. The minimum absolute atomic E-state index is 0.00155. The number of amides is 1. The number of nitrogens with two attached hydrogens (primary N) is 1. The van der Waals surface area contributed by atoms with Crippen LogP contribution in [0.5, 0.6) is 0 Å². The van der Waals surface area contributed by atoms with E-state index in [1.165, 1.54) is 23.6 Å². The monoisotopic (exact) mass is 298 g/mol. The highest BCUT2D eigenvalue weighted by Gasteiger charge is 2.13. The van der Waals surface area contributed by atoms with Gasteiger partial charge in [0.1, 0.15) is 0 Å². The molecule has 100 valence electrons. The van der Waals surface area contributed by atoms with Crippen LogP contribution in [0.15, 0.2) is 28.5 Å². The van der Waals surface area contributed by atoms with E-state index in [-0.39, 0.29) is 10.6 Å². The van der Waals surface area contributed by atoms with Gasteiger partial charge in [-0.2, -0.15) is 0 Å². The van der Waals surface area contributed by atoms with Crippen LogP contribution in [-0.4, -0.2) is 23.9 Å². The summed E-state index contributed by atoms with van der Waals surface area (Å²) >= 11 is 1.07. The van der Waals surface area contributed by atoms with Crippen molar-refractivity contribution in [3.63, 3.8) is 0 Å². The molecule has 1 aromatic carbocycles. The van der Waals surface area contributed by atoms with Gasteiger partial charge in [0.2, 0.25) is 10.0 Å². The maximum Gasteiger partial charge on any atom is 0.277 e. The Morgan fingerprint density at radius 3 is 2.68 bits per heavy atom. The average molecular weight is 298 g/mol. The zero-order valence-electron chi connectivity index (χ0n) is 9.82. The van der Waals surface area contributed by atoms with Gasteiger partial charge in [-0.05, 0) is 42.2 Å². The summed E-state index contributed by atoms with van der Waals surface area (Å²) in [4.78, 5) is 11.8. The number of nitrogens with one attached hydrogen (secondary N) is 1. The number of hydrogen-bond donors (Lipinski definition) is 2. The molecule has 1 aromatic heterocycles. The first-order chi connectivity index (χ1) is 8.88. The third-order valence-corrected chi connectivity index (χ3v) is 3.78. The summed E-state index contributed by atoms with van der Waals surface area (Å²) in [6.07, 6.45) is 0. The molecule has 2 aromatic rings. The number of anilines is 1. The molecule has 19 heavy (non-hydrogen) atoms. The molecule has 0 aliphatic heterocycles. The average Bonchev–Trinajstić information content (AvgIpc) is 2.84. The van der Waals surface area contributed by atoms with Crippen molar-refractivity contribution in [1.29, 1.82) is 0 Å². The van der Waals surface area contributed by atoms with Crippen molar-refractivity contribution >= 4 is 33.2 Å². The fourth-order valence-electron chi connectivity index (χ4n) is 1.40. The maximum absolute atomic E-state index is 11.8. The highest BCUT2D eigenvalue weighted by atomic mass is 32.2. The maximum atomic E-state index is 11.8. The number of nitrogens with zero attached hydrogens (tertiary/aromatic N) is 2. The van der Waals surface area contributed by atoms with Crippen LogP contribution in [-0.2, 0) is 10.0 Å². The second kappa shape index (κ2) is 5.03. The quantitative estimate of drug-likeness (QED) is 0.867. The molecule has 0 saturated heterocycles. The molecule has 0 aliphatic carbocycles. The zero-order chi connectivity index (χ0) is 14.0. The van der Waals surface area contributed by atoms with E-state index in [1.807, 2.05) is 0 Å². The molecule has 0 bridgehead atoms. The van der Waals surface area contributed by atoms with E-state index in [2.05, 4.69) is 14.9 Å². The standard InChI is InChI=1S/C10H10N4O3S2/c1-6-4-7(19(11,16)17)2-3-8(6)12-10(15)9-5-18-14-13-9/h2-5H,1H3,(H,12,15)(H2,11,16,17). The van der Waals surface area contributed by atoms with Gasteiger partial charge in [-0.15, -0.1) is 5.10 Å². The molecule has 1 heterocycles. The number of sulfonamides is 1. The lowest BCUT2D eigenvalue weighted by atomic mass is 10.2. The van der Waals surface area contributed by atoms with Crippen molar-refractivity contribution < 1.29 is 13.2 Å². The lowest BCUT2D eigenvalue weighted by Gasteiger charge is -2.08. The van der Waals surface area contributed by atoms with Gasteiger partial charge in [-0.1, -0.05) is 4.49 Å². The van der Waals surface area contributed by atoms with Crippen molar-refractivity contribution in [1.82, 2.24) is 9.59 Å². The fourth-order valence-corrected chi connectivity index (χ4v) is 2.44. The first-order valence-corrected chi connectivity index (χ1v) is 7.48. The predicted molar refractivity (Wildman–Crippen MR) is 70.4 cm³/mol. The summed E-state index contributed by atoms with van der Waals surface area (Å²) in [5, 5.41) is 12.8. The van der Waals surface area contributed by atoms with E-state index >= 15 is 0 Å². The van der Waals surface area contributed by atoms with Crippen molar-refractivity contribution in [3.05, 3.63) is 34.8 Å². The molecule has 2 rings (SSSR count). The fraction of sp³-hybridized carbons (Fsp3) is 0.100. The first kappa shape index (κ1) is 13.6. The smallest absolute Gasteiger partial charge is 0.277 e. The van der Waals surface area contributed by atoms with Crippen LogP contribution >= 0.6 is 11.5 Å². The Kier molecular flexibility index (Phi) is 3.60. The van der Waals surface area contributed by atoms with Gasteiger partial charge >= 0.3 is 0 Å². The molecule has 9 heteroatoms. The Balaban J connectivity index is 2.25. The van der Waals surface area contributed by atoms with Crippen LogP contribution in [0, 0.1) is 6.92 Å². The number of primary sulfonamides is 1. The normalized spacial score (nSPS) is 11.3. The SMILES string of the molecule is Cc1cc(S(N)(=O)=O)ccc1NC(=O)c1csnn1. The van der Waals surface area contributed by atoms with Gasteiger partial charge < -0.3 is 5.32 Å². The van der Waals surface area contributed by atoms with E-state index in [9.17, 15) is 13.2 Å². The van der Waals surface area contributed by atoms with Crippen LogP contribution in [0.2, 0.25) is 0 Å². The van der Waals surface area contributed by atoms with E-state index in [4.69, 9.17) is 5.14 Å². The summed E-state index contributed by atoms with van der Waals surface area (Å²) in [5.74, 6) is -0.403. The number of hydrogen-bond acceptors (Lipinski definition) is 6. The summed E-state index contributed by atoms with van der Waals surface area (Å²) in [7, 11) is -3.75. The minimum atomic E-state index is -3.75. The van der Waals surface area contributed by atoms with Crippen LogP contribution < -0.4 is 10.5 Å². The van der Waals surface area contributed by atoms with E-state index in [0.717, 1.165) is 11.5 Å². The molecular weight excluding hydrogens is 288 g/mol. The number of carbonyl (C=O) groups is 1. The van der Waals surface area contributed by atoms with Crippen molar-refractivity contribution in [2.45, 2.75) is 11.8 Å². The molecule has 3 N–H and O–H groups in total. The van der Waals surface area contributed by atoms with E-state index < -0.39 is 15.9 Å². The highest BCUT2D eigenvalue weighted by molar-refractivity contribution is 7.89. The Morgan fingerprint density at radius 2 is 2.16 bits per heavy atom. The van der Waals surface area contributed by atoms with Gasteiger partial charge in [0, 0.05) is 11.1 Å². The van der Waals surface area contributed by atoms with Crippen LogP contribution in [0.25, 0.3) is 0 Å². The van der Waals surface area contributed by atoms with Crippen LogP contribution in [0.3, 0.4) is 0 Å². The molecule has 0 radical (unpaired) electrons. The second-order valence-corrected chi connectivity index (χ2v) is 5.94. The number of rotatable bonds is 3. The van der Waals surface area contributed by atoms with Crippen molar-refractivity contribution in [2.24, 2.45) is 5.14 Å². The third-order valence-electron chi connectivity index (χ3n) is 2.37. The van der Waals surface area contributed by atoms with Crippen molar-refractivity contribution in [3.8, 4) is 0 Å². The van der Waals surface area contributed by atoms with Crippen LogP contribution in [0.4, 0.5) is 5.69 Å². The van der Waals surface area contributed by atoms with Gasteiger partial charge in [0.15, 0.2) is 5.69 Å². The van der Waals surface area contributed by atoms with E-state index in [0.29, 0.717) is 11.3 Å². The Morgan fingerprint density at radius 1 is 1.42 bits per heavy atom. The molecule has 0 aliphatic rings. The number of carbonyl (C=O) groups excluding carboxylic acids is 1.